The lowest BCUT2D eigenvalue weighted by atomic mass is 10.2. The molecule has 5 nitrogen and oxygen atoms in total. The fourth-order valence-electron chi connectivity index (χ4n) is 2.02. The van der Waals surface area contributed by atoms with Gasteiger partial charge in [0.1, 0.15) is 5.01 Å². The van der Waals surface area contributed by atoms with Crippen LogP contribution < -0.4 is 5.32 Å². The molecular weight excluding hydrogens is 302 g/mol. The van der Waals surface area contributed by atoms with Gasteiger partial charge in [-0.3, -0.25) is 0 Å². The van der Waals surface area contributed by atoms with Crippen LogP contribution >= 0.6 is 23.1 Å². The molecule has 7 heteroatoms. The van der Waals surface area contributed by atoms with Gasteiger partial charge in [-0.1, -0.05) is 49.5 Å². The van der Waals surface area contributed by atoms with Crippen molar-refractivity contribution in [2.45, 2.75) is 24.5 Å². The summed E-state index contributed by atoms with van der Waals surface area (Å²) in [5.74, 6) is 1.70. The maximum Gasteiger partial charge on any atom is 0.226 e. The first-order valence-corrected chi connectivity index (χ1v) is 8.06. The minimum absolute atomic E-state index is 0. The van der Waals surface area contributed by atoms with Gasteiger partial charge in [0, 0.05) is 17.3 Å². The second-order valence-corrected chi connectivity index (χ2v) is 6.22. The molecule has 1 aliphatic rings. The van der Waals surface area contributed by atoms with Gasteiger partial charge in [-0.05, 0) is 5.56 Å². The van der Waals surface area contributed by atoms with E-state index in [-0.39, 0.29) is 13.6 Å². The summed E-state index contributed by atoms with van der Waals surface area (Å²) >= 11 is 3.27. The van der Waals surface area contributed by atoms with Crippen LogP contribution in [-0.2, 0) is 5.75 Å². The monoisotopic (exact) mass is 317 g/mol. The molecule has 3 aromatic rings. The highest BCUT2D eigenvalue weighted by Crippen LogP contribution is 2.34. The van der Waals surface area contributed by atoms with Gasteiger partial charge in [-0.25, -0.2) is 9.67 Å². The van der Waals surface area contributed by atoms with E-state index in [2.05, 4.69) is 32.5 Å². The highest BCUT2D eigenvalue weighted by Gasteiger charge is 2.32. The van der Waals surface area contributed by atoms with E-state index in [1.807, 2.05) is 34.5 Å². The zero-order chi connectivity index (χ0) is 13.4. The number of benzene rings is 1. The molecule has 1 atom stereocenters. The zero-order valence-corrected chi connectivity index (χ0v) is 12.1. The SMILES string of the molecule is C.c1ccc(CSc2nc3n(n2)C(c2nccs2)N3)cc1. The standard InChI is InChI=1S/C13H11N5S2.CH4/c1-2-4-9(5-3-1)8-20-13-16-12-15-10(18(12)17-13)11-14-6-7-19-11;/h1-7,10H,8H2,(H,15,16,17);1H4. The summed E-state index contributed by atoms with van der Waals surface area (Å²) in [7, 11) is 0. The van der Waals surface area contributed by atoms with E-state index < -0.39 is 0 Å². The summed E-state index contributed by atoms with van der Waals surface area (Å²) in [6.07, 6.45) is 1.85. The van der Waals surface area contributed by atoms with Gasteiger partial charge in [0.15, 0.2) is 6.17 Å². The lowest BCUT2D eigenvalue weighted by Gasteiger charge is -2.26. The number of rotatable bonds is 4. The molecule has 1 N–H and O–H groups in total. The number of hydrogen-bond acceptors (Lipinski definition) is 6. The molecule has 0 radical (unpaired) electrons. The minimum Gasteiger partial charge on any atom is -0.327 e. The van der Waals surface area contributed by atoms with Gasteiger partial charge in [-0.2, -0.15) is 4.98 Å². The molecule has 0 saturated heterocycles. The van der Waals surface area contributed by atoms with Crippen molar-refractivity contribution in [2.24, 2.45) is 0 Å². The maximum atomic E-state index is 4.52. The number of anilines is 1. The number of thioether (sulfide) groups is 1. The Kier molecular flexibility index (Phi) is 3.94. The van der Waals surface area contributed by atoms with Crippen LogP contribution in [-0.4, -0.2) is 19.7 Å². The largest absolute Gasteiger partial charge is 0.327 e. The molecule has 0 spiro atoms. The van der Waals surface area contributed by atoms with E-state index in [4.69, 9.17) is 0 Å². The third kappa shape index (κ3) is 2.66. The summed E-state index contributed by atoms with van der Waals surface area (Å²) in [5, 5.41) is 11.6. The number of hydrogen-bond donors (Lipinski definition) is 1. The predicted molar refractivity (Wildman–Crippen MR) is 86.6 cm³/mol. The van der Waals surface area contributed by atoms with Gasteiger partial charge in [-0.15, -0.1) is 16.4 Å². The highest BCUT2D eigenvalue weighted by atomic mass is 32.2. The Morgan fingerprint density at radius 2 is 2.14 bits per heavy atom. The van der Waals surface area contributed by atoms with Crippen LogP contribution in [0.15, 0.2) is 47.1 Å². The lowest BCUT2D eigenvalue weighted by Crippen LogP contribution is -2.32. The van der Waals surface area contributed by atoms with E-state index in [9.17, 15) is 0 Å². The van der Waals surface area contributed by atoms with Crippen LogP contribution in [0, 0.1) is 0 Å². The average molecular weight is 317 g/mol. The Labute approximate surface area is 131 Å². The molecule has 0 fully saturated rings. The molecular formula is C14H15N5S2. The summed E-state index contributed by atoms with van der Waals surface area (Å²) < 4.78 is 1.90. The molecule has 1 unspecified atom stereocenters. The highest BCUT2D eigenvalue weighted by molar-refractivity contribution is 7.98. The molecule has 3 heterocycles. The van der Waals surface area contributed by atoms with Crippen LogP contribution in [0.1, 0.15) is 24.2 Å². The van der Waals surface area contributed by atoms with E-state index in [1.165, 1.54) is 5.56 Å². The van der Waals surface area contributed by atoms with Gasteiger partial charge in [0.2, 0.25) is 11.1 Å². The number of nitrogens with zero attached hydrogens (tertiary/aromatic N) is 4. The molecule has 1 aromatic carbocycles. The van der Waals surface area contributed by atoms with Gasteiger partial charge in [0.25, 0.3) is 0 Å². The molecule has 0 aliphatic carbocycles. The van der Waals surface area contributed by atoms with E-state index >= 15 is 0 Å². The Balaban J connectivity index is 0.00000132. The summed E-state index contributed by atoms with van der Waals surface area (Å²) in [4.78, 5) is 8.75. The summed E-state index contributed by atoms with van der Waals surface area (Å²) in [5.41, 5.74) is 1.28. The summed E-state index contributed by atoms with van der Waals surface area (Å²) in [6, 6.07) is 10.3. The molecule has 0 bridgehead atoms. The van der Waals surface area contributed by atoms with Crippen molar-refractivity contribution in [1.29, 1.82) is 0 Å². The van der Waals surface area contributed by atoms with Crippen LogP contribution in [0.3, 0.4) is 0 Å². The van der Waals surface area contributed by atoms with Gasteiger partial charge < -0.3 is 5.32 Å². The van der Waals surface area contributed by atoms with Crippen molar-refractivity contribution in [1.82, 2.24) is 19.7 Å². The number of thiazole rings is 1. The van der Waals surface area contributed by atoms with Crippen molar-refractivity contribution in [3.63, 3.8) is 0 Å². The fraction of sp³-hybridized carbons (Fsp3) is 0.214. The number of nitrogens with one attached hydrogen (secondary N) is 1. The van der Waals surface area contributed by atoms with Crippen molar-refractivity contribution >= 4 is 29.0 Å². The smallest absolute Gasteiger partial charge is 0.226 e. The van der Waals surface area contributed by atoms with Gasteiger partial charge >= 0.3 is 0 Å². The molecule has 108 valence electrons. The lowest BCUT2D eigenvalue weighted by molar-refractivity contribution is 0.501. The van der Waals surface area contributed by atoms with Gasteiger partial charge in [0.05, 0.1) is 0 Å². The van der Waals surface area contributed by atoms with Crippen LogP contribution in [0.4, 0.5) is 5.95 Å². The topological polar surface area (TPSA) is 55.6 Å². The van der Waals surface area contributed by atoms with Crippen molar-refractivity contribution in [3.05, 3.63) is 52.5 Å². The van der Waals surface area contributed by atoms with Crippen molar-refractivity contribution in [2.75, 3.05) is 5.32 Å². The zero-order valence-electron chi connectivity index (χ0n) is 10.4. The third-order valence-corrected chi connectivity index (χ3v) is 4.76. The molecule has 2 aromatic heterocycles. The first-order chi connectivity index (χ1) is 9.90. The number of fused-ring (bicyclic) bond motifs is 1. The Bertz CT molecular complexity index is 708. The maximum absolute atomic E-state index is 4.52. The van der Waals surface area contributed by atoms with Crippen molar-refractivity contribution < 1.29 is 0 Å². The van der Waals surface area contributed by atoms with E-state index in [0.29, 0.717) is 0 Å². The predicted octanol–water partition coefficient (Wildman–Crippen LogP) is 3.64. The Morgan fingerprint density at radius 1 is 1.29 bits per heavy atom. The quantitative estimate of drug-likeness (QED) is 0.745. The third-order valence-electron chi connectivity index (χ3n) is 3.02. The molecule has 4 rings (SSSR count). The minimum atomic E-state index is 0. The first kappa shape index (κ1) is 14.1. The van der Waals surface area contributed by atoms with Crippen LogP contribution in [0.25, 0.3) is 0 Å². The number of aromatic nitrogens is 4. The molecule has 1 aliphatic heterocycles. The molecule has 0 saturated carbocycles. The second kappa shape index (κ2) is 5.87. The second-order valence-electron chi connectivity index (χ2n) is 4.35. The van der Waals surface area contributed by atoms with E-state index in [0.717, 1.165) is 21.9 Å². The Morgan fingerprint density at radius 3 is 2.90 bits per heavy atom. The van der Waals surface area contributed by atoms with Crippen molar-refractivity contribution in [3.8, 4) is 0 Å². The summed E-state index contributed by atoms with van der Waals surface area (Å²) in [6.45, 7) is 0. The normalized spacial score (nSPS) is 15.5. The Hall–Kier alpha value is -1.86. The molecule has 0 amide bonds. The van der Waals surface area contributed by atoms with Crippen LogP contribution in [0.2, 0.25) is 0 Å². The van der Waals surface area contributed by atoms with Crippen LogP contribution in [0.5, 0.6) is 0 Å². The first-order valence-electron chi connectivity index (χ1n) is 6.19. The molecule has 21 heavy (non-hydrogen) atoms. The fourth-order valence-corrected chi connectivity index (χ4v) is 3.47. The van der Waals surface area contributed by atoms with E-state index in [1.54, 1.807) is 23.1 Å². The average Bonchev–Trinajstić information content (AvgIpc) is 3.09.